The fourth-order valence-corrected chi connectivity index (χ4v) is 1.80. The van der Waals surface area contributed by atoms with Gasteiger partial charge in [0, 0.05) is 17.4 Å². The predicted molar refractivity (Wildman–Crippen MR) is 65.5 cm³/mol. The molecule has 0 saturated carbocycles. The number of hydrogen-bond donors (Lipinski definition) is 3. The molecule has 0 atom stereocenters. The standard InChI is InChI=1S/C12H9N3O2/c16-11-10(14-12(17)15-11)5-7-6-13-9-4-2-1-3-8(7)9/h1-6,16H,(H2,14,15,17)/b7-5+/i14+1. The van der Waals surface area contributed by atoms with Gasteiger partial charge < -0.3 is 10.1 Å². The first-order valence-electron chi connectivity index (χ1n) is 5.10. The third kappa shape index (κ3) is 1.57. The summed E-state index contributed by atoms with van der Waals surface area (Å²) < 4.78 is 0. The van der Waals surface area contributed by atoms with Gasteiger partial charge in [-0.15, -0.1) is 0 Å². The first-order valence-corrected chi connectivity index (χ1v) is 5.10. The molecule has 1 aromatic carbocycles. The van der Waals surface area contributed by atoms with E-state index in [-0.39, 0.29) is 5.88 Å². The molecule has 1 aromatic heterocycles. The number of hydrogen-bond acceptors (Lipinski definition) is 3. The van der Waals surface area contributed by atoms with Gasteiger partial charge in [-0.25, -0.2) is 4.79 Å². The van der Waals surface area contributed by atoms with Gasteiger partial charge in [-0.2, -0.15) is 0 Å². The molecule has 3 rings (SSSR count). The molecule has 0 aliphatic carbocycles. The number of aromatic hydroxyl groups is 1. The molecule has 0 bridgehead atoms. The second-order valence-corrected chi connectivity index (χ2v) is 3.72. The number of rotatable bonds is 1. The smallest absolute Gasteiger partial charge is 0.326 e. The van der Waals surface area contributed by atoms with Crippen LogP contribution in [0.25, 0.3) is 11.6 Å². The van der Waals surface area contributed by atoms with Gasteiger partial charge in [-0.3, -0.25) is 9.98 Å². The number of fused-ring (bicyclic) bond motifs is 1. The van der Waals surface area contributed by atoms with Crippen LogP contribution in [0.5, 0.6) is 5.88 Å². The second-order valence-electron chi connectivity index (χ2n) is 3.72. The van der Waals surface area contributed by atoms with Crippen LogP contribution < -0.4 is 5.69 Å². The average molecular weight is 228 g/mol. The number of H-pyrrole nitrogens is 2. The molecule has 1 aliphatic rings. The molecule has 0 unspecified atom stereocenters. The van der Waals surface area contributed by atoms with Crippen molar-refractivity contribution in [3.05, 3.63) is 46.0 Å². The Hall–Kier alpha value is -2.56. The van der Waals surface area contributed by atoms with Gasteiger partial charge in [0.25, 0.3) is 0 Å². The van der Waals surface area contributed by atoms with E-state index in [9.17, 15) is 9.90 Å². The van der Waals surface area contributed by atoms with Gasteiger partial charge in [0.05, 0.1) is 5.69 Å². The molecule has 17 heavy (non-hydrogen) atoms. The maximum absolute atomic E-state index is 11.0. The maximum Gasteiger partial charge on any atom is 0.326 e. The van der Waals surface area contributed by atoms with Gasteiger partial charge in [0.15, 0.2) is 0 Å². The highest BCUT2D eigenvalue weighted by Gasteiger charge is 2.12. The van der Waals surface area contributed by atoms with Crippen molar-refractivity contribution < 1.29 is 5.11 Å². The van der Waals surface area contributed by atoms with Crippen LogP contribution in [-0.2, 0) is 0 Å². The number of para-hydroxylation sites is 1. The largest absolute Gasteiger partial charge is 0.493 e. The van der Waals surface area contributed by atoms with Crippen LogP contribution in [0, 0.1) is 0 Å². The molecule has 5 heteroatoms. The normalized spacial score (nSPS) is 15.4. The minimum atomic E-state index is -0.433. The molecular weight excluding hydrogens is 219 g/mol. The first-order chi connectivity index (χ1) is 8.24. The van der Waals surface area contributed by atoms with Crippen LogP contribution in [0.3, 0.4) is 0 Å². The summed E-state index contributed by atoms with van der Waals surface area (Å²) in [6.45, 7) is 0. The van der Waals surface area contributed by atoms with Crippen LogP contribution in [0.4, 0.5) is 5.69 Å². The maximum atomic E-state index is 11.0. The Morgan fingerprint density at radius 2 is 2.06 bits per heavy atom. The fourth-order valence-electron chi connectivity index (χ4n) is 1.80. The van der Waals surface area contributed by atoms with Crippen molar-refractivity contribution in [2.75, 3.05) is 0 Å². The lowest BCUT2D eigenvalue weighted by molar-refractivity contribution is 0.454. The van der Waals surface area contributed by atoms with Crippen molar-refractivity contribution >= 4 is 23.6 Å². The molecule has 5 nitrogen and oxygen atoms in total. The molecule has 1 aliphatic heterocycles. The van der Waals surface area contributed by atoms with Crippen LogP contribution >= 0.6 is 0 Å². The molecule has 0 spiro atoms. The zero-order valence-electron chi connectivity index (χ0n) is 8.77. The first kappa shape index (κ1) is 9.65. The van der Waals surface area contributed by atoms with Gasteiger partial charge >= 0.3 is 5.69 Å². The predicted octanol–water partition coefficient (Wildman–Crippen LogP) is 1.67. The Morgan fingerprint density at radius 1 is 1.24 bits per heavy atom. The summed E-state index contributed by atoms with van der Waals surface area (Å²) in [5.41, 5.74) is 2.64. The van der Waals surface area contributed by atoms with Crippen molar-refractivity contribution in [3.8, 4) is 5.88 Å². The molecule has 0 saturated heterocycles. The van der Waals surface area contributed by atoms with E-state index in [0.29, 0.717) is 5.69 Å². The van der Waals surface area contributed by atoms with E-state index in [1.54, 1.807) is 12.3 Å². The Morgan fingerprint density at radius 3 is 2.82 bits per heavy atom. The van der Waals surface area contributed by atoms with Gasteiger partial charge in [0.1, 0.15) is 5.69 Å². The fraction of sp³-hybridized carbons (Fsp3) is 0. The lowest BCUT2D eigenvalue weighted by Gasteiger charge is -1.97. The third-order valence-electron chi connectivity index (χ3n) is 2.59. The summed E-state index contributed by atoms with van der Waals surface area (Å²) in [6, 6.07) is 7.68. The number of aromatic nitrogens is 2. The highest BCUT2D eigenvalue weighted by Crippen LogP contribution is 2.32. The van der Waals surface area contributed by atoms with E-state index in [1.807, 2.05) is 24.3 Å². The molecule has 3 N–H and O–H groups in total. The van der Waals surface area contributed by atoms with E-state index in [1.165, 1.54) is 0 Å². The Balaban J connectivity index is 2.11. The van der Waals surface area contributed by atoms with Gasteiger partial charge in [0.2, 0.25) is 5.88 Å². The van der Waals surface area contributed by atoms with Crippen molar-refractivity contribution in [3.63, 3.8) is 0 Å². The number of aromatic amines is 2. The number of imidazole rings is 1. The summed E-state index contributed by atoms with van der Waals surface area (Å²) in [5.74, 6) is -0.166. The van der Waals surface area contributed by atoms with Gasteiger partial charge in [-0.1, -0.05) is 18.2 Å². The van der Waals surface area contributed by atoms with Crippen molar-refractivity contribution in [2.24, 2.45) is 4.99 Å². The summed E-state index contributed by atoms with van der Waals surface area (Å²) >= 11 is 0. The molecule has 2 aromatic rings. The molecule has 2 heterocycles. The zero-order valence-corrected chi connectivity index (χ0v) is 8.77. The Labute approximate surface area is 96.2 Å². The van der Waals surface area contributed by atoms with E-state index >= 15 is 0 Å². The molecule has 0 fully saturated rings. The lowest BCUT2D eigenvalue weighted by Crippen LogP contribution is -2.00. The summed E-state index contributed by atoms with van der Waals surface area (Å²) in [4.78, 5) is 20.0. The van der Waals surface area contributed by atoms with E-state index in [0.717, 1.165) is 16.8 Å². The molecular formula is C12H9N3O2. The molecule has 0 amide bonds. The number of nitrogens with one attached hydrogen (secondary N) is 2. The molecule has 84 valence electrons. The van der Waals surface area contributed by atoms with Crippen molar-refractivity contribution in [2.45, 2.75) is 0 Å². The summed E-state index contributed by atoms with van der Waals surface area (Å²) in [5, 5.41) is 9.46. The molecule has 0 radical (unpaired) electrons. The average Bonchev–Trinajstić information content (AvgIpc) is 2.85. The topological polar surface area (TPSA) is 81.2 Å². The van der Waals surface area contributed by atoms with Crippen LogP contribution in [0.2, 0.25) is 0 Å². The third-order valence-corrected chi connectivity index (χ3v) is 2.59. The van der Waals surface area contributed by atoms with Gasteiger partial charge in [-0.05, 0) is 12.1 Å². The monoisotopic (exact) mass is 228 g/mol. The van der Waals surface area contributed by atoms with Crippen LogP contribution in [0.15, 0.2) is 34.1 Å². The van der Waals surface area contributed by atoms with E-state index in [4.69, 9.17) is 0 Å². The highest BCUT2D eigenvalue weighted by atomic mass is 16.3. The quantitative estimate of drug-likeness (QED) is 0.693. The van der Waals surface area contributed by atoms with E-state index < -0.39 is 5.69 Å². The summed E-state index contributed by atoms with van der Waals surface area (Å²) in [6.07, 6.45) is 3.39. The Kier molecular flexibility index (Phi) is 1.98. The second kappa shape index (κ2) is 3.48. The minimum absolute atomic E-state index is 0.166. The van der Waals surface area contributed by atoms with E-state index in [2.05, 4.69) is 15.0 Å². The van der Waals surface area contributed by atoms with Crippen molar-refractivity contribution in [1.82, 2.24) is 9.97 Å². The number of benzene rings is 1. The van der Waals surface area contributed by atoms with Crippen LogP contribution in [-0.4, -0.2) is 21.3 Å². The lowest BCUT2D eigenvalue weighted by atomic mass is 10.1. The minimum Gasteiger partial charge on any atom is -0.493 e. The number of nitrogens with zero attached hydrogens (tertiary/aromatic N) is 1. The summed E-state index contributed by atoms with van der Waals surface area (Å²) in [7, 11) is 0. The van der Waals surface area contributed by atoms with Crippen molar-refractivity contribution in [1.29, 1.82) is 0 Å². The zero-order chi connectivity index (χ0) is 11.8. The Bertz CT molecular complexity index is 692. The van der Waals surface area contributed by atoms with Crippen LogP contribution in [0.1, 0.15) is 11.3 Å². The highest BCUT2D eigenvalue weighted by molar-refractivity contribution is 6.21. The number of aliphatic imine (C=N–C) groups is 1. The number of allylic oxidation sites excluding steroid dienone is 1. The SMILES string of the molecule is O=c1[nH]c(O)c(/C=C2\C=Nc3ccccc32)[15nH]1.